The molecule has 0 amide bonds. The number of nitrogens with zero attached hydrogens (tertiary/aromatic N) is 1. The Morgan fingerprint density at radius 1 is 1.39 bits per heavy atom. The number of benzene rings is 1. The lowest BCUT2D eigenvalue weighted by Crippen LogP contribution is -2.21. The molecular weight excluding hydrogens is 254 g/mol. The Balaban J connectivity index is 1.85. The first-order chi connectivity index (χ1) is 8.74. The zero-order valence-electron chi connectivity index (χ0n) is 9.20. The van der Waals surface area contributed by atoms with Gasteiger partial charge in [0.1, 0.15) is 16.5 Å². The molecule has 92 valence electrons. The molecule has 1 aromatic carbocycles. The molecule has 1 unspecified atom stereocenters. The number of fused-ring (bicyclic) bond motifs is 1. The van der Waals surface area contributed by atoms with E-state index < -0.39 is 5.97 Å². The molecule has 0 spiro atoms. The lowest BCUT2D eigenvalue weighted by molar-refractivity contribution is 0.0702. The van der Waals surface area contributed by atoms with Gasteiger partial charge in [0, 0.05) is 0 Å². The summed E-state index contributed by atoms with van der Waals surface area (Å²) in [6.45, 7) is 0.337. The summed E-state index contributed by atoms with van der Waals surface area (Å²) in [6, 6.07) is 7.37. The molecule has 18 heavy (non-hydrogen) atoms. The maximum absolute atomic E-state index is 10.8. The quantitative estimate of drug-likeness (QED) is 0.900. The van der Waals surface area contributed by atoms with Crippen molar-refractivity contribution >= 4 is 17.3 Å². The Hall–Kier alpha value is -2.08. The SMILES string of the molecule is O=C(O)c1cnc(C2COc3ccccc3O2)s1. The van der Waals surface area contributed by atoms with Crippen molar-refractivity contribution in [3.63, 3.8) is 0 Å². The molecule has 3 rings (SSSR count). The largest absolute Gasteiger partial charge is 0.485 e. The summed E-state index contributed by atoms with van der Waals surface area (Å²) >= 11 is 1.11. The Morgan fingerprint density at radius 3 is 2.89 bits per heavy atom. The smallest absolute Gasteiger partial charge is 0.347 e. The van der Waals surface area contributed by atoms with E-state index in [4.69, 9.17) is 14.6 Å². The highest BCUT2D eigenvalue weighted by Gasteiger charge is 2.25. The van der Waals surface area contributed by atoms with E-state index in [0.29, 0.717) is 23.1 Å². The number of rotatable bonds is 2. The number of para-hydroxylation sites is 2. The minimum atomic E-state index is -0.976. The number of aromatic nitrogens is 1. The predicted molar refractivity (Wildman–Crippen MR) is 64.4 cm³/mol. The number of ether oxygens (including phenoxy) is 2. The maximum Gasteiger partial charge on any atom is 0.347 e. The van der Waals surface area contributed by atoms with Crippen LogP contribution in [0.5, 0.6) is 11.5 Å². The Labute approximate surface area is 107 Å². The van der Waals surface area contributed by atoms with Crippen LogP contribution in [0.4, 0.5) is 0 Å². The predicted octanol–water partition coefficient (Wildman–Crippen LogP) is 2.35. The second-order valence-corrected chi connectivity index (χ2v) is 4.79. The molecule has 1 aromatic heterocycles. The number of hydrogen-bond acceptors (Lipinski definition) is 5. The molecule has 0 fully saturated rings. The van der Waals surface area contributed by atoms with Crippen molar-refractivity contribution in [3.05, 3.63) is 40.3 Å². The fourth-order valence-electron chi connectivity index (χ4n) is 1.68. The van der Waals surface area contributed by atoms with E-state index in [1.54, 1.807) is 0 Å². The van der Waals surface area contributed by atoms with Crippen molar-refractivity contribution in [1.29, 1.82) is 0 Å². The van der Waals surface area contributed by atoms with Gasteiger partial charge in [0.05, 0.1) is 6.20 Å². The van der Waals surface area contributed by atoms with Crippen LogP contribution in [0.2, 0.25) is 0 Å². The van der Waals surface area contributed by atoms with Crippen LogP contribution in [0.1, 0.15) is 20.8 Å². The summed E-state index contributed by atoms with van der Waals surface area (Å²) in [5.74, 6) is 0.375. The van der Waals surface area contributed by atoms with Crippen LogP contribution in [0.25, 0.3) is 0 Å². The summed E-state index contributed by atoms with van der Waals surface area (Å²) in [4.78, 5) is 15.1. The summed E-state index contributed by atoms with van der Waals surface area (Å²) in [6.07, 6.45) is 0.990. The molecule has 0 saturated carbocycles. The van der Waals surface area contributed by atoms with E-state index in [2.05, 4.69) is 4.98 Å². The average Bonchev–Trinajstić information content (AvgIpc) is 2.88. The second-order valence-electron chi connectivity index (χ2n) is 3.73. The third kappa shape index (κ3) is 1.91. The zero-order valence-corrected chi connectivity index (χ0v) is 10.0. The molecule has 0 bridgehead atoms. The van der Waals surface area contributed by atoms with Crippen LogP contribution in [-0.2, 0) is 0 Å². The topological polar surface area (TPSA) is 68.7 Å². The lowest BCUT2D eigenvalue weighted by Gasteiger charge is -2.24. The lowest BCUT2D eigenvalue weighted by atomic mass is 10.2. The zero-order chi connectivity index (χ0) is 12.5. The molecule has 1 N–H and O–H groups in total. The second kappa shape index (κ2) is 4.30. The highest BCUT2D eigenvalue weighted by Crippen LogP contribution is 2.36. The van der Waals surface area contributed by atoms with Gasteiger partial charge in [-0.1, -0.05) is 12.1 Å². The molecule has 5 nitrogen and oxygen atoms in total. The van der Waals surface area contributed by atoms with Gasteiger partial charge in [0.15, 0.2) is 17.6 Å². The van der Waals surface area contributed by atoms with Gasteiger partial charge in [-0.2, -0.15) is 0 Å². The Bertz CT molecular complexity index is 595. The molecule has 1 atom stereocenters. The van der Waals surface area contributed by atoms with Crippen molar-refractivity contribution in [2.24, 2.45) is 0 Å². The number of thiazole rings is 1. The van der Waals surface area contributed by atoms with Crippen LogP contribution >= 0.6 is 11.3 Å². The van der Waals surface area contributed by atoms with Gasteiger partial charge in [0.25, 0.3) is 0 Å². The van der Waals surface area contributed by atoms with Crippen LogP contribution in [0, 0.1) is 0 Å². The molecule has 6 heteroatoms. The fraction of sp³-hybridized carbons (Fsp3) is 0.167. The van der Waals surface area contributed by atoms with Crippen LogP contribution < -0.4 is 9.47 Å². The fourth-order valence-corrected chi connectivity index (χ4v) is 2.45. The van der Waals surface area contributed by atoms with Crippen molar-refractivity contribution in [1.82, 2.24) is 4.98 Å². The van der Waals surface area contributed by atoms with Gasteiger partial charge in [-0.25, -0.2) is 9.78 Å². The number of carbonyl (C=O) groups is 1. The van der Waals surface area contributed by atoms with Crippen molar-refractivity contribution < 1.29 is 19.4 Å². The summed E-state index contributed by atoms with van der Waals surface area (Å²) < 4.78 is 11.3. The van der Waals surface area contributed by atoms with Gasteiger partial charge < -0.3 is 14.6 Å². The van der Waals surface area contributed by atoms with E-state index in [-0.39, 0.29) is 11.0 Å². The highest BCUT2D eigenvalue weighted by atomic mass is 32.1. The van der Waals surface area contributed by atoms with Crippen LogP contribution in [0.15, 0.2) is 30.5 Å². The first-order valence-corrected chi connectivity index (χ1v) is 6.13. The van der Waals surface area contributed by atoms with E-state index in [1.807, 2.05) is 24.3 Å². The van der Waals surface area contributed by atoms with E-state index in [1.165, 1.54) is 6.20 Å². The molecule has 0 saturated heterocycles. The van der Waals surface area contributed by atoms with Gasteiger partial charge in [-0.05, 0) is 12.1 Å². The summed E-state index contributed by atoms with van der Waals surface area (Å²) in [5, 5.41) is 9.47. The highest BCUT2D eigenvalue weighted by molar-refractivity contribution is 7.13. The minimum absolute atomic E-state index is 0.201. The molecule has 0 radical (unpaired) electrons. The molecule has 2 aromatic rings. The third-order valence-corrected chi connectivity index (χ3v) is 3.60. The van der Waals surface area contributed by atoms with E-state index >= 15 is 0 Å². The normalized spacial score (nSPS) is 17.4. The van der Waals surface area contributed by atoms with Crippen molar-refractivity contribution in [3.8, 4) is 11.5 Å². The van der Waals surface area contributed by atoms with Crippen LogP contribution in [0.3, 0.4) is 0 Å². The standard InChI is InChI=1S/C12H9NO4S/c14-12(15)10-5-13-11(18-10)9-6-16-7-3-1-2-4-8(7)17-9/h1-5,9H,6H2,(H,14,15). The third-order valence-electron chi connectivity index (χ3n) is 2.52. The van der Waals surface area contributed by atoms with Crippen molar-refractivity contribution in [2.45, 2.75) is 6.10 Å². The monoisotopic (exact) mass is 263 g/mol. The van der Waals surface area contributed by atoms with Gasteiger partial charge in [-0.15, -0.1) is 11.3 Å². The number of hydrogen-bond donors (Lipinski definition) is 1. The Morgan fingerprint density at radius 2 is 2.17 bits per heavy atom. The molecular formula is C12H9NO4S. The number of carboxylic acid groups (broad SMARTS) is 1. The molecule has 1 aliphatic heterocycles. The van der Waals surface area contributed by atoms with E-state index in [9.17, 15) is 4.79 Å². The molecule has 2 heterocycles. The average molecular weight is 263 g/mol. The van der Waals surface area contributed by atoms with Crippen molar-refractivity contribution in [2.75, 3.05) is 6.61 Å². The van der Waals surface area contributed by atoms with Gasteiger partial charge >= 0.3 is 5.97 Å². The minimum Gasteiger partial charge on any atom is -0.485 e. The van der Waals surface area contributed by atoms with Crippen LogP contribution in [-0.4, -0.2) is 22.7 Å². The number of carboxylic acids is 1. The first-order valence-electron chi connectivity index (χ1n) is 5.31. The molecule has 0 aliphatic carbocycles. The Kier molecular flexibility index (Phi) is 2.64. The van der Waals surface area contributed by atoms with E-state index in [0.717, 1.165) is 11.3 Å². The maximum atomic E-state index is 10.8. The summed E-state index contributed by atoms with van der Waals surface area (Å²) in [5.41, 5.74) is 0. The number of aromatic carboxylic acids is 1. The van der Waals surface area contributed by atoms with Gasteiger partial charge in [-0.3, -0.25) is 0 Å². The van der Waals surface area contributed by atoms with Gasteiger partial charge in [0.2, 0.25) is 0 Å². The first kappa shape index (κ1) is 11.0. The molecule has 1 aliphatic rings. The summed E-state index contributed by atoms with van der Waals surface area (Å²) in [7, 11) is 0.